The fourth-order valence-corrected chi connectivity index (χ4v) is 4.08. The van der Waals surface area contributed by atoms with E-state index in [4.69, 9.17) is 10.5 Å². The van der Waals surface area contributed by atoms with Crippen LogP contribution in [0.5, 0.6) is 0 Å². The van der Waals surface area contributed by atoms with Gasteiger partial charge in [-0.1, -0.05) is 42.5 Å². The van der Waals surface area contributed by atoms with E-state index in [1.807, 2.05) is 30.3 Å². The van der Waals surface area contributed by atoms with Crippen LogP contribution >= 0.6 is 0 Å². The molecule has 0 bridgehead atoms. The molecule has 2 atom stereocenters. The molecule has 3 aromatic rings. The molecule has 0 fully saturated rings. The Morgan fingerprint density at radius 3 is 2.27 bits per heavy atom. The van der Waals surface area contributed by atoms with Gasteiger partial charge in [0.2, 0.25) is 10.0 Å². The maximum Gasteiger partial charge on any atom is 0.338 e. The number of hydrogen-bond donors (Lipinski definition) is 2. The van der Waals surface area contributed by atoms with Crippen LogP contribution in [0.1, 0.15) is 44.8 Å². The number of ether oxygens (including phenoxy) is 1. The molecule has 1 amide bonds. The summed E-state index contributed by atoms with van der Waals surface area (Å²) in [5.74, 6) is -1.69. The van der Waals surface area contributed by atoms with Crippen molar-refractivity contribution in [3.05, 3.63) is 101 Å². The van der Waals surface area contributed by atoms with E-state index in [1.165, 1.54) is 37.4 Å². The molecule has 196 valence electrons. The highest BCUT2D eigenvalue weighted by Crippen LogP contribution is 2.22. The van der Waals surface area contributed by atoms with Crippen LogP contribution in [0.4, 0.5) is 10.1 Å². The summed E-state index contributed by atoms with van der Waals surface area (Å²) in [6, 6.07) is 18.3. The SMILES string of the molecule is C[C@@H](NC(=O)c1cc(C(=O)OCC(N)Cc2ccccc2)cc(N(C)S(C)(=O)=O)c1)c1ccc(F)cc1. The lowest BCUT2D eigenvalue weighted by molar-refractivity contribution is 0.0481. The van der Waals surface area contributed by atoms with Crippen LogP contribution in [0.2, 0.25) is 0 Å². The number of amides is 1. The standard InChI is InChI=1S/C27H30FN3O5S/c1-18(20-9-11-23(28)12-10-20)30-26(32)21-14-22(16-25(15-21)31(2)37(3,34)35)27(33)36-17-24(29)13-19-7-5-4-6-8-19/h4-12,14-16,18,24H,13,17,29H2,1-3H3,(H,30,32)/t18-,24?/m1/s1. The molecule has 10 heteroatoms. The Labute approximate surface area is 216 Å². The van der Waals surface area contributed by atoms with Crippen molar-refractivity contribution in [3.63, 3.8) is 0 Å². The van der Waals surface area contributed by atoms with Gasteiger partial charge in [0.25, 0.3) is 5.91 Å². The van der Waals surface area contributed by atoms with Crippen molar-refractivity contribution in [1.29, 1.82) is 0 Å². The zero-order valence-electron chi connectivity index (χ0n) is 20.8. The monoisotopic (exact) mass is 527 g/mol. The van der Waals surface area contributed by atoms with Crippen LogP contribution in [0.15, 0.2) is 72.8 Å². The van der Waals surface area contributed by atoms with Gasteiger partial charge in [-0.3, -0.25) is 9.10 Å². The summed E-state index contributed by atoms with van der Waals surface area (Å²) in [6.45, 7) is 1.66. The fourth-order valence-electron chi connectivity index (χ4n) is 3.59. The molecule has 0 aliphatic carbocycles. The first kappa shape index (κ1) is 27.8. The molecule has 37 heavy (non-hydrogen) atoms. The third kappa shape index (κ3) is 7.86. The molecular weight excluding hydrogens is 497 g/mol. The summed E-state index contributed by atoms with van der Waals surface area (Å²) in [6.07, 6.45) is 1.51. The number of benzene rings is 3. The third-order valence-electron chi connectivity index (χ3n) is 5.76. The zero-order chi connectivity index (χ0) is 27.2. The van der Waals surface area contributed by atoms with Crippen LogP contribution in [-0.4, -0.2) is 46.2 Å². The van der Waals surface area contributed by atoms with Crippen molar-refractivity contribution in [2.75, 3.05) is 24.2 Å². The second-order valence-corrected chi connectivity index (χ2v) is 10.8. The highest BCUT2D eigenvalue weighted by atomic mass is 32.2. The van der Waals surface area contributed by atoms with Crippen molar-refractivity contribution in [3.8, 4) is 0 Å². The quantitative estimate of drug-likeness (QED) is 0.390. The van der Waals surface area contributed by atoms with E-state index >= 15 is 0 Å². The second kappa shape index (κ2) is 12.0. The minimum Gasteiger partial charge on any atom is -0.460 e. The first-order chi connectivity index (χ1) is 17.4. The number of rotatable bonds is 10. The van der Waals surface area contributed by atoms with E-state index in [0.717, 1.165) is 16.1 Å². The van der Waals surface area contributed by atoms with E-state index in [1.54, 1.807) is 19.1 Å². The number of nitrogens with one attached hydrogen (secondary N) is 1. The van der Waals surface area contributed by atoms with E-state index in [-0.39, 0.29) is 23.4 Å². The van der Waals surface area contributed by atoms with Gasteiger partial charge in [0.1, 0.15) is 12.4 Å². The van der Waals surface area contributed by atoms with Gasteiger partial charge in [0.15, 0.2) is 0 Å². The minimum atomic E-state index is -3.68. The summed E-state index contributed by atoms with van der Waals surface area (Å²) in [5.41, 5.74) is 7.96. The molecule has 3 N–H and O–H groups in total. The lowest BCUT2D eigenvalue weighted by Gasteiger charge is -2.20. The Morgan fingerprint density at radius 1 is 1.03 bits per heavy atom. The Balaban J connectivity index is 1.80. The van der Waals surface area contributed by atoms with Crippen molar-refractivity contribution >= 4 is 27.6 Å². The van der Waals surface area contributed by atoms with Crippen molar-refractivity contribution in [2.45, 2.75) is 25.4 Å². The minimum absolute atomic E-state index is 0.000466. The number of carbonyl (C=O) groups excluding carboxylic acids is 2. The van der Waals surface area contributed by atoms with Gasteiger partial charge in [-0.25, -0.2) is 17.6 Å². The predicted octanol–water partition coefficient (Wildman–Crippen LogP) is 3.44. The summed E-state index contributed by atoms with van der Waals surface area (Å²) < 4.78 is 43.9. The maximum atomic E-state index is 13.2. The number of carbonyl (C=O) groups is 2. The van der Waals surface area contributed by atoms with Crippen LogP contribution in [0, 0.1) is 5.82 Å². The first-order valence-corrected chi connectivity index (χ1v) is 13.4. The first-order valence-electron chi connectivity index (χ1n) is 11.6. The van der Waals surface area contributed by atoms with Crippen LogP contribution in [0.3, 0.4) is 0 Å². The second-order valence-electron chi connectivity index (χ2n) is 8.79. The average molecular weight is 528 g/mol. The molecular formula is C27H30FN3O5S. The molecule has 3 aromatic carbocycles. The van der Waals surface area contributed by atoms with Gasteiger partial charge < -0.3 is 15.8 Å². The van der Waals surface area contributed by atoms with Gasteiger partial charge in [0.05, 0.1) is 23.5 Å². The largest absolute Gasteiger partial charge is 0.460 e. The number of anilines is 1. The third-order valence-corrected chi connectivity index (χ3v) is 6.97. The molecule has 0 saturated carbocycles. The van der Waals surface area contributed by atoms with Gasteiger partial charge in [-0.15, -0.1) is 0 Å². The fraction of sp³-hybridized carbons (Fsp3) is 0.259. The summed E-state index contributed by atoms with van der Waals surface area (Å²) in [7, 11) is -2.36. The average Bonchev–Trinajstić information content (AvgIpc) is 2.86. The van der Waals surface area contributed by atoms with Crippen molar-refractivity contribution in [2.24, 2.45) is 5.73 Å². The molecule has 0 aliphatic rings. The Bertz CT molecular complexity index is 1350. The van der Waals surface area contributed by atoms with Crippen molar-refractivity contribution < 1.29 is 27.1 Å². The van der Waals surface area contributed by atoms with Crippen LogP contribution in [-0.2, 0) is 21.2 Å². The van der Waals surface area contributed by atoms with E-state index in [9.17, 15) is 22.4 Å². The molecule has 0 aromatic heterocycles. The zero-order valence-corrected chi connectivity index (χ0v) is 21.7. The van der Waals surface area contributed by atoms with E-state index in [2.05, 4.69) is 5.32 Å². The number of sulfonamides is 1. The highest BCUT2D eigenvalue weighted by molar-refractivity contribution is 7.92. The molecule has 8 nitrogen and oxygen atoms in total. The van der Waals surface area contributed by atoms with E-state index in [0.29, 0.717) is 12.0 Å². The van der Waals surface area contributed by atoms with Gasteiger partial charge in [-0.2, -0.15) is 0 Å². The van der Waals surface area contributed by atoms with Gasteiger partial charge >= 0.3 is 5.97 Å². The van der Waals surface area contributed by atoms with Crippen LogP contribution < -0.4 is 15.4 Å². The Morgan fingerprint density at radius 2 is 1.65 bits per heavy atom. The Hall–Kier alpha value is -3.76. The molecule has 3 rings (SSSR count). The summed E-state index contributed by atoms with van der Waals surface area (Å²) in [4.78, 5) is 25.9. The summed E-state index contributed by atoms with van der Waals surface area (Å²) in [5, 5.41) is 2.78. The lowest BCUT2D eigenvalue weighted by Crippen LogP contribution is -2.30. The predicted molar refractivity (Wildman–Crippen MR) is 140 cm³/mol. The topological polar surface area (TPSA) is 119 Å². The van der Waals surface area contributed by atoms with Crippen molar-refractivity contribution in [1.82, 2.24) is 5.32 Å². The molecule has 0 aliphatic heterocycles. The van der Waals surface area contributed by atoms with E-state index < -0.39 is 39.8 Å². The molecule has 0 radical (unpaired) electrons. The summed E-state index contributed by atoms with van der Waals surface area (Å²) >= 11 is 0. The molecule has 0 saturated heterocycles. The van der Waals surface area contributed by atoms with Gasteiger partial charge in [0, 0.05) is 18.7 Å². The number of nitrogens with zero attached hydrogens (tertiary/aromatic N) is 1. The number of hydrogen-bond acceptors (Lipinski definition) is 6. The molecule has 0 heterocycles. The maximum absolute atomic E-state index is 13.2. The Kier molecular flexibility index (Phi) is 9.01. The number of halogens is 1. The van der Waals surface area contributed by atoms with Gasteiger partial charge in [-0.05, 0) is 54.8 Å². The normalized spacial score (nSPS) is 12.9. The smallest absolute Gasteiger partial charge is 0.338 e. The van der Waals surface area contributed by atoms with Crippen LogP contribution in [0.25, 0.3) is 0 Å². The highest BCUT2D eigenvalue weighted by Gasteiger charge is 2.21. The number of nitrogens with two attached hydrogens (primary N) is 1. The molecule has 0 spiro atoms. The number of esters is 1. The molecule has 1 unspecified atom stereocenters. The lowest BCUT2D eigenvalue weighted by atomic mass is 10.1.